The van der Waals surface area contributed by atoms with Crippen LogP contribution >= 0.6 is 0 Å². The van der Waals surface area contributed by atoms with Crippen molar-refractivity contribution in [1.29, 1.82) is 0 Å². The molecule has 1 aromatic heterocycles. The summed E-state index contributed by atoms with van der Waals surface area (Å²) in [5, 5.41) is 28.8. The second-order valence-electron chi connectivity index (χ2n) is 10.1. The zero-order valence-electron chi connectivity index (χ0n) is 20.4. The third kappa shape index (κ3) is 4.82. The number of aromatic amines is 1. The highest BCUT2D eigenvalue weighted by molar-refractivity contribution is 5.87. The van der Waals surface area contributed by atoms with E-state index in [0.717, 1.165) is 5.57 Å². The third-order valence-electron chi connectivity index (χ3n) is 7.97. The molecule has 9 nitrogen and oxygen atoms in total. The first kappa shape index (κ1) is 25.6. The minimum atomic E-state index is -1.48. The summed E-state index contributed by atoms with van der Waals surface area (Å²) in [6, 6.07) is 3.39. The molecule has 192 valence electrons. The summed E-state index contributed by atoms with van der Waals surface area (Å²) in [7, 11) is 1.39. The maximum atomic E-state index is 12.9. The van der Waals surface area contributed by atoms with Crippen molar-refractivity contribution in [2.24, 2.45) is 35.5 Å². The van der Waals surface area contributed by atoms with Gasteiger partial charge in [0.05, 0.1) is 6.10 Å². The summed E-state index contributed by atoms with van der Waals surface area (Å²) in [6.45, 7) is 5.73. The molecule has 1 aromatic rings. The maximum absolute atomic E-state index is 12.9. The zero-order valence-corrected chi connectivity index (χ0v) is 20.4. The number of carboxylic acid groups (broad SMARTS) is 1. The first-order valence-electron chi connectivity index (χ1n) is 12.1. The predicted octanol–water partition coefficient (Wildman–Crippen LogP) is 2.37. The number of H-pyrrole nitrogens is 1. The Labute approximate surface area is 204 Å². The van der Waals surface area contributed by atoms with Crippen molar-refractivity contribution in [1.82, 2.24) is 4.98 Å². The Morgan fingerprint density at radius 1 is 1.26 bits per heavy atom. The summed E-state index contributed by atoms with van der Waals surface area (Å²) in [4.78, 5) is 27.4. The largest absolute Gasteiger partial charge is 0.479 e. The Bertz CT molecular complexity index is 970. The summed E-state index contributed by atoms with van der Waals surface area (Å²) < 4.78 is 17.8. The van der Waals surface area contributed by atoms with Crippen molar-refractivity contribution in [2.75, 3.05) is 7.11 Å². The molecular weight excluding hydrogens is 454 g/mol. The van der Waals surface area contributed by atoms with Crippen LogP contribution in [0.3, 0.4) is 0 Å². The second-order valence-corrected chi connectivity index (χ2v) is 10.1. The van der Waals surface area contributed by atoms with Crippen LogP contribution in [-0.2, 0) is 19.0 Å². The first-order chi connectivity index (χ1) is 16.6. The number of rotatable bonds is 9. The average molecular weight is 490 g/mol. The molecule has 1 saturated heterocycles. The molecular formula is C26H35NO8. The van der Waals surface area contributed by atoms with Crippen LogP contribution in [0.4, 0.5) is 0 Å². The van der Waals surface area contributed by atoms with Gasteiger partial charge in [0.2, 0.25) is 0 Å². The number of carbonyl (C=O) groups is 2. The molecule has 3 aliphatic rings. The average Bonchev–Trinajstić information content (AvgIpc) is 3.40. The van der Waals surface area contributed by atoms with Crippen LogP contribution in [0.1, 0.15) is 37.7 Å². The molecule has 0 radical (unpaired) electrons. The molecule has 10 unspecified atom stereocenters. The lowest BCUT2D eigenvalue weighted by Gasteiger charge is -2.46. The minimum absolute atomic E-state index is 0.0116. The van der Waals surface area contributed by atoms with Gasteiger partial charge in [0.15, 0.2) is 12.4 Å². The highest BCUT2D eigenvalue weighted by atomic mass is 16.6. The quantitative estimate of drug-likeness (QED) is 0.236. The first-order valence-corrected chi connectivity index (χ1v) is 12.1. The van der Waals surface area contributed by atoms with E-state index in [9.17, 15) is 24.9 Å². The third-order valence-corrected chi connectivity index (χ3v) is 7.97. The fraction of sp³-hybridized carbons (Fsp3) is 0.615. The van der Waals surface area contributed by atoms with E-state index in [1.165, 1.54) is 7.11 Å². The lowest BCUT2D eigenvalue weighted by molar-refractivity contribution is -0.150. The fourth-order valence-electron chi connectivity index (χ4n) is 6.31. The number of ether oxygens (including phenoxy) is 3. The van der Waals surface area contributed by atoms with E-state index in [-0.39, 0.29) is 48.2 Å². The van der Waals surface area contributed by atoms with E-state index in [4.69, 9.17) is 14.2 Å². The molecule has 9 heteroatoms. The number of aliphatic carboxylic acids is 1. The van der Waals surface area contributed by atoms with Crippen LogP contribution in [0, 0.1) is 35.5 Å². The predicted molar refractivity (Wildman–Crippen MR) is 125 cm³/mol. The van der Waals surface area contributed by atoms with Gasteiger partial charge in [-0.25, -0.2) is 9.59 Å². The smallest absolute Gasteiger partial charge is 0.355 e. The van der Waals surface area contributed by atoms with Gasteiger partial charge in [-0.05, 0) is 31.4 Å². The summed E-state index contributed by atoms with van der Waals surface area (Å²) in [5.74, 6) is -2.27. The molecule has 2 aliphatic carbocycles. The Morgan fingerprint density at radius 3 is 2.60 bits per heavy atom. The number of methoxy groups -OCH3 is 1. The molecule has 4 bridgehead atoms. The molecule has 0 spiro atoms. The van der Waals surface area contributed by atoms with Gasteiger partial charge in [-0.1, -0.05) is 37.6 Å². The molecule has 2 heterocycles. The molecule has 4 N–H and O–H groups in total. The van der Waals surface area contributed by atoms with Crippen LogP contribution in [0.15, 0.2) is 42.1 Å². The van der Waals surface area contributed by atoms with Crippen LogP contribution in [0.25, 0.3) is 0 Å². The van der Waals surface area contributed by atoms with Gasteiger partial charge in [-0.3, -0.25) is 0 Å². The highest BCUT2D eigenvalue weighted by Gasteiger charge is 2.61. The maximum Gasteiger partial charge on any atom is 0.355 e. The monoisotopic (exact) mass is 489 g/mol. The van der Waals surface area contributed by atoms with Crippen LogP contribution < -0.4 is 0 Å². The number of nitrogens with one attached hydrogen (secondary N) is 1. The molecule has 1 aliphatic heterocycles. The second kappa shape index (κ2) is 10.3. The molecule has 10 atom stereocenters. The van der Waals surface area contributed by atoms with E-state index in [0.29, 0.717) is 5.69 Å². The SMILES string of the molecule is COC(CC1C=CC2C3OC1C2C(/C(C)=C/C(C)C(O)O)C(C)C3OC(=O)c1ccc[nH]1)C(=O)O. The van der Waals surface area contributed by atoms with Crippen molar-refractivity contribution in [3.8, 4) is 0 Å². The van der Waals surface area contributed by atoms with Crippen molar-refractivity contribution < 1.29 is 39.1 Å². The standard InChI is InChI=1S/C26H35NO8/c1-12(10-13(2)24(28)29)19-14(3)21(35-26(32)17-6-5-9-27-17)23-16-8-7-15(22(34-23)20(16)19)11-18(33-4)25(30)31/h5-10,13-16,18-24,27-29H,11H2,1-4H3,(H,30,31)/b12-10+. The number of carbonyl (C=O) groups excluding carboxylic acids is 1. The Kier molecular flexibility index (Phi) is 7.51. The fourth-order valence-corrected chi connectivity index (χ4v) is 6.31. The van der Waals surface area contributed by atoms with Crippen LogP contribution in [-0.4, -0.2) is 70.1 Å². The molecule has 4 rings (SSSR count). The van der Waals surface area contributed by atoms with E-state index in [1.807, 2.05) is 26.0 Å². The summed E-state index contributed by atoms with van der Waals surface area (Å²) in [6.07, 6.45) is 4.29. The molecule has 0 aromatic carbocycles. The molecule has 35 heavy (non-hydrogen) atoms. The number of aliphatic hydroxyl groups is 2. The van der Waals surface area contributed by atoms with E-state index >= 15 is 0 Å². The summed E-state index contributed by atoms with van der Waals surface area (Å²) in [5.41, 5.74) is 1.33. The van der Waals surface area contributed by atoms with Gasteiger partial charge in [0.25, 0.3) is 0 Å². The number of hydrogen-bond donors (Lipinski definition) is 4. The number of aliphatic hydroxyl groups excluding tert-OH is 1. The van der Waals surface area contributed by atoms with Crippen LogP contribution in [0.2, 0.25) is 0 Å². The van der Waals surface area contributed by atoms with Gasteiger partial charge < -0.3 is 34.5 Å². The number of aromatic nitrogens is 1. The van der Waals surface area contributed by atoms with Gasteiger partial charge in [0.1, 0.15) is 17.9 Å². The number of esters is 1. The Morgan fingerprint density at radius 2 is 2.00 bits per heavy atom. The van der Waals surface area contributed by atoms with Gasteiger partial charge in [0, 0.05) is 42.9 Å². The zero-order chi connectivity index (χ0) is 25.4. The van der Waals surface area contributed by atoms with Gasteiger partial charge in [-0.2, -0.15) is 0 Å². The van der Waals surface area contributed by atoms with Crippen molar-refractivity contribution in [3.05, 3.63) is 47.8 Å². The van der Waals surface area contributed by atoms with E-state index in [1.54, 1.807) is 25.3 Å². The summed E-state index contributed by atoms with van der Waals surface area (Å²) >= 11 is 0. The topological polar surface area (TPSA) is 138 Å². The molecule has 0 amide bonds. The Balaban J connectivity index is 1.68. The highest BCUT2D eigenvalue weighted by Crippen LogP contribution is 2.56. The van der Waals surface area contributed by atoms with Gasteiger partial charge >= 0.3 is 11.9 Å². The molecule has 1 saturated carbocycles. The lowest BCUT2D eigenvalue weighted by atomic mass is 9.59. The minimum Gasteiger partial charge on any atom is -0.479 e. The number of hydrogen-bond acceptors (Lipinski definition) is 7. The Hall–Kier alpha value is -2.46. The van der Waals surface area contributed by atoms with Crippen molar-refractivity contribution in [2.45, 2.75) is 57.9 Å². The van der Waals surface area contributed by atoms with E-state index in [2.05, 4.69) is 11.1 Å². The van der Waals surface area contributed by atoms with Crippen LogP contribution in [0.5, 0.6) is 0 Å². The van der Waals surface area contributed by atoms with Crippen molar-refractivity contribution >= 4 is 11.9 Å². The lowest BCUT2D eigenvalue weighted by Crippen LogP contribution is -2.51. The van der Waals surface area contributed by atoms with Gasteiger partial charge in [-0.15, -0.1) is 0 Å². The number of allylic oxidation sites excluding steroid dienone is 1. The normalized spacial score (nSPS) is 35.7. The number of carboxylic acids is 1. The van der Waals surface area contributed by atoms with E-state index < -0.39 is 36.4 Å². The van der Waals surface area contributed by atoms with Crippen molar-refractivity contribution in [3.63, 3.8) is 0 Å². The molecule has 2 fully saturated rings.